The predicted octanol–water partition coefficient (Wildman–Crippen LogP) is -1.66. The van der Waals surface area contributed by atoms with Gasteiger partial charge in [0, 0.05) is 17.7 Å². The number of aliphatic carboxylic acids is 1. The van der Waals surface area contributed by atoms with E-state index in [-0.39, 0.29) is 59.1 Å². The maximum atomic E-state index is 12.5. The summed E-state index contributed by atoms with van der Waals surface area (Å²) in [6.45, 7) is 4.42. The number of rotatable bonds is 8. The summed E-state index contributed by atoms with van der Waals surface area (Å²) in [5.74, 6) is -0.168. The summed E-state index contributed by atoms with van der Waals surface area (Å²) in [6, 6.07) is 7.45. The van der Waals surface area contributed by atoms with Gasteiger partial charge in [-0.3, -0.25) is 9.69 Å². The van der Waals surface area contributed by atoms with Crippen LogP contribution in [0.4, 0.5) is 0 Å². The van der Waals surface area contributed by atoms with Crippen molar-refractivity contribution in [3.63, 3.8) is 0 Å². The molecule has 32 heavy (non-hydrogen) atoms. The van der Waals surface area contributed by atoms with Gasteiger partial charge in [0.25, 0.3) is 0 Å². The van der Waals surface area contributed by atoms with Gasteiger partial charge in [0.05, 0.1) is 42.7 Å². The number of carbonyl (C=O) groups is 2. The minimum absolute atomic E-state index is 0. The Balaban J connectivity index is 0.00000289. The molecule has 3 heterocycles. The number of fused-ring (bicyclic) bond motifs is 1. The molecule has 9 heteroatoms. The molecule has 7 nitrogen and oxygen atoms in total. The molecule has 3 saturated heterocycles. The van der Waals surface area contributed by atoms with Crippen LogP contribution < -0.4 is 44.7 Å². The number of methoxy groups -OCH3 is 1. The number of amides is 1. The zero-order valence-corrected chi connectivity index (χ0v) is 22.2. The van der Waals surface area contributed by atoms with Crippen molar-refractivity contribution in [2.45, 2.75) is 80.4 Å². The fourth-order valence-corrected chi connectivity index (χ4v) is 6.61. The van der Waals surface area contributed by atoms with E-state index in [9.17, 15) is 14.7 Å². The van der Waals surface area contributed by atoms with E-state index >= 15 is 0 Å². The molecule has 3 aliphatic rings. The molecule has 0 bridgehead atoms. The van der Waals surface area contributed by atoms with Gasteiger partial charge < -0.3 is 24.7 Å². The molecule has 5 atom stereocenters. The van der Waals surface area contributed by atoms with Crippen molar-refractivity contribution in [2.24, 2.45) is 0 Å². The van der Waals surface area contributed by atoms with Crippen LogP contribution in [0.25, 0.3) is 0 Å². The van der Waals surface area contributed by atoms with Crippen LogP contribution in [0, 0.1) is 0 Å². The number of nitrogens with one attached hydrogen (secondary N) is 1. The van der Waals surface area contributed by atoms with E-state index in [2.05, 4.69) is 17.4 Å². The van der Waals surface area contributed by atoms with Gasteiger partial charge in [0.1, 0.15) is 5.75 Å². The van der Waals surface area contributed by atoms with Crippen molar-refractivity contribution in [1.29, 1.82) is 0 Å². The zero-order chi connectivity index (χ0) is 22.2. The number of thioether (sulfide) groups is 1. The third kappa shape index (κ3) is 5.65. The second kappa shape index (κ2) is 10.7. The van der Waals surface area contributed by atoms with Crippen LogP contribution >= 0.6 is 11.8 Å². The average molecular weight is 471 g/mol. The maximum Gasteiger partial charge on any atom is 1.00 e. The Hall–Kier alpha value is -0.770. The Bertz CT molecular complexity index is 821. The summed E-state index contributed by atoms with van der Waals surface area (Å²) in [6.07, 6.45) is 4.32. The van der Waals surface area contributed by atoms with Crippen LogP contribution in [0.5, 0.6) is 5.75 Å². The van der Waals surface area contributed by atoms with Crippen LogP contribution in [-0.4, -0.2) is 64.8 Å². The summed E-state index contributed by atoms with van der Waals surface area (Å²) in [5, 5.41) is 14.6. The summed E-state index contributed by atoms with van der Waals surface area (Å²) in [7, 11) is 1.66. The van der Waals surface area contributed by atoms with Crippen LogP contribution in [0.1, 0.15) is 45.1 Å². The van der Waals surface area contributed by atoms with E-state index in [1.807, 2.05) is 30.9 Å². The van der Waals surface area contributed by atoms with Crippen LogP contribution in [-0.2, 0) is 20.7 Å². The van der Waals surface area contributed by atoms with E-state index < -0.39 is 16.8 Å². The van der Waals surface area contributed by atoms with Crippen LogP contribution in [0.3, 0.4) is 0 Å². The average Bonchev–Trinajstić information content (AvgIpc) is 3.25. The molecular formula is C23H31N2NaO5S. The van der Waals surface area contributed by atoms with Gasteiger partial charge in [0.15, 0.2) is 0 Å². The maximum absolute atomic E-state index is 12.5. The van der Waals surface area contributed by atoms with Crippen molar-refractivity contribution < 1.29 is 53.7 Å². The molecule has 1 aromatic rings. The SMILES string of the molecule is COc1ccc(CC2CCC(CCC(=O)N[C@@H]3CN4C(C(=O)[O-])C(C)(C)S[C@H]34)O2)cc1.[Na+]. The van der Waals surface area contributed by atoms with E-state index in [1.165, 1.54) is 5.56 Å². The van der Waals surface area contributed by atoms with E-state index in [0.717, 1.165) is 25.0 Å². The first kappa shape index (κ1) is 25.8. The van der Waals surface area contributed by atoms with Gasteiger partial charge in [-0.15, -0.1) is 11.8 Å². The topological polar surface area (TPSA) is 90.9 Å². The van der Waals surface area contributed by atoms with Gasteiger partial charge in [-0.1, -0.05) is 12.1 Å². The molecule has 0 spiro atoms. The molecule has 0 radical (unpaired) electrons. The number of nitrogens with zero attached hydrogens (tertiary/aromatic N) is 1. The largest absolute Gasteiger partial charge is 1.00 e. The number of hydrogen-bond acceptors (Lipinski definition) is 7. The van der Waals surface area contributed by atoms with Crippen molar-refractivity contribution in [1.82, 2.24) is 10.2 Å². The Labute approximate surface area is 216 Å². The Morgan fingerprint density at radius 3 is 2.59 bits per heavy atom. The monoisotopic (exact) mass is 470 g/mol. The molecule has 170 valence electrons. The standard InChI is InChI=1S/C23H32N2O5S.Na/c1-23(2)20(22(27)28)25-13-18(21(25)31-23)24-19(26)11-10-16-8-9-17(30-16)12-14-4-6-15(29-3)7-5-14;/h4-7,16-18,20-21H,8-13H2,1-3H3,(H,24,26)(H,27,28);/q;+1/p-1/t16?,17?,18-,20?,21-;/m1./s1. The molecule has 3 aliphatic heterocycles. The quantitative estimate of drug-likeness (QED) is 0.455. The van der Waals surface area contributed by atoms with Crippen LogP contribution in [0.15, 0.2) is 24.3 Å². The number of benzene rings is 1. The third-order valence-corrected chi connectivity index (χ3v) is 8.25. The van der Waals surface area contributed by atoms with Gasteiger partial charge >= 0.3 is 29.6 Å². The normalized spacial score (nSPS) is 30.7. The summed E-state index contributed by atoms with van der Waals surface area (Å²) in [4.78, 5) is 25.9. The van der Waals surface area contributed by atoms with Crippen molar-refractivity contribution in [3.8, 4) is 5.75 Å². The first-order valence-electron chi connectivity index (χ1n) is 11.0. The van der Waals surface area contributed by atoms with E-state index in [0.29, 0.717) is 19.4 Å². The van der Waals surface area contributed by atoms with Crippen molar-refractivity contribution in [3.05, 3.63) is 29.8 Å². The molecule has 0 aromatic heterocycles. The summed E-state index contributed by atoms with van der Waals surface area (Å²) < 4.78 is 10.9. The summed E-state index contributed by atoms with van der Waals surface area (Å²) in [5.41, 5.74) is 1.23. The number of ether oxygens (including phenoxy) is 2. The van der Waals surface area contributed by atoms with Gasteiger partial charge in [-0.05, 0) is 57.2 Å². The Morgan fingerprint density at radius 2 is 1.94 bits per heavy atom. The van der Waals surface area contributed by atoms with Crippen LogP contribution in [0.2, 0.25) is 0 Å². The Kier molecular flexibility index (Phi) is 8.61. The second-order valence-corrected chi connectivity index (χ2v) is 11.0. The number of carbonyl (C=O) groups excluding carboxylic acids is 2. The Morgan fingerprint density at radius 1 is 1.25 bits per heavy atom. The second-order valence-electron chi connectivity index (χ2n) is 9.25. The molecule has 4 rings (SSSR count). The predicted molar refractivity (Wildman–Crippen MR) is 117 cm³/mol. The molecule has 0 saturated carbocycles. The van der Waals surface area contributed by atoms with Gasteiger partial charge in [0.2, 0.25) is 5.91 Å². The number of carboxylic acids is 1. The first-order valence-corrected chi connectivity index (χ1v) is 11.9. The fourth-order valence-electron chi connectivity index (χ4n) is 4.97. The fraction of sp³-hybridized carbons (Fsp3) is 0.652. The molecule has 3 fully saturated rings. The molecule has 3 unspecified atom stereocenters. The molecule has 1 N–H and O–H groups in total. The smallest absolute Gasteiger partial charge is 0.548 e. The van der Waals surface area contributed by atoms with Gasteiger partial charge in [-0.2, -0.15) is 0 Å². The molecule has 1 aromatic carbocycles. The molecular weight excluding hydrogens is 439 g/mol. The molecule has 0 aliphatic carbocycles. The first-order chi connectivity index (χ1) is 14.8. The van der Waals surface area contributed by atoms with Crippen molar-refractivity contribution >= 4 is 23.6 Å². The minimum atomic E-state index is -1.03. The van der Waals surface area contributed by atoms with E-state index in [1.54, 1.807) is 18.9 Å². The molecule has 1 amide bonds. The minimum Gasteiger partial charge on any atom is -0.548 e. The number of carboxylic acid groups (broad SMARTS) is 1. The van der Waals surface area contributed by atoms with Crippen molar-refractivity contribution in [2.75, 3.05) is 13.7 Å². The zero-order valence-electron chi connectivity index (χ0n) is 19.3. The van der Waals surface area contributed by atoms with Gasteiger partial charge in [-0.25, -0.2) is 0 Å². The summed E-state index contributed by atoms with van der Waals surface area (Å²) >= 11 is 1.61. The van der Waals surface area contributed by atoms with E-state index in [4.69, 9.17) is 9.47 Å². The number of hydrogen-bond donors (Lipinski definition) is 1. The third-order valence-electron chi connectivity index (χ3n) is 6.57.